The number of hydrogen-bond donors (Lipinski definition) is 0. The topological polar surface area (TPSA) is 86.3 Å². The maximum Gasteiger partial charge on any atom is 0.272 e. The molecule has 0 N–H and O–H groups in total. The minimum absolute atomic E-state index is 0.129. The number of nitrogens with zero attached hydrogens (tertiary/aromatic N) is 3. The van der Waals surface area contributed by atoms with Crippen LogP contribution in [0.2, 0.25) is 0 Å². The summed E-state index contributed by atoms with van der Waals surface area (Å²) in [5.74, 6) is 3.92. The molecule has 0 saturated carbocycles. The summed E-state index contributed by atoms with van der Waals surface area (Å²) < 4.78 is 10.8. The number of benzene rings is 2. The zero-order valence-corrected chi connectivity index (χ0v) is 18.1. The van der Waals surface area contributed by atoms with E-state index in [-0.39, 0.29) is 10.6 Å². The third-order valence-electron chi connectivity index (χ3n) is 4.65. The Balaban J connectivity index is 0.000000233. The molecule has 0 amide bonds. The summed E-state index contributed by atoms with van der Waals surface area (Å²) >= 11 is 0. The minimum Gasteiger partial charge on any atom is -0.487 e. The first-order valence-corrected chi connectivity index (χ1v) is 10.1. The van der Waals surface area contributed by atoms with Crippen LogP contribution in [0, 0.1) is 29.4 Å². The van der Waals surface area contributed by atoms with Gasteiger partial charge in [-0.1, -0.05) is 25.8 Å². The van der Waals surface area contributed by atoms with Crippen LogP contribution in [0.25, 0.3) is 0 Å². The van der Waals surface area contributed by atoms with Gasteiger partial charge in [-0.05, 0) is 61.2 Å². The maximum absolute atomic E-state index is 10.8. The number of nitro benzene ring substituents is 1. The molecule has 162 valence electrons. The molecule has 1 heterocycles. The number of ether oxygens (including phenoxy) is 2. The number of aryl methyl sites for hydroxylation is 3. The fourth-order valence-electron chi connectivity index (χ4n) is 2.92. The molecule has 3 rings (SSSR count). The second-order valence-corrected chi connectivity index (χ2v) is 6.74. The summed E-state index contributed by atoms with van der Waals surface area (Å²) in [5, 5.41) is 18.5. The van der Waals surface area contributed by atoms with E-state index in [0.29, 0.717) is 37.5 Å². The van der Waals surface area contributed by atoms with Crippen molar-refractivity contribution in [2.24, 2.45) is 10.2 Å². The minimum atomic E-state index is -0.379. The van der Waals surface area contributed by atoms with Crippen molar-refractivity contribution in [3.05, 3.63) is 75.0 Å². The van der Waals surface area contributed by atoms with Gasteiger partial charge in [-0.25, -0.2) is 0 Å². The highest BCUT2D eigenvalue weighted by Crippen LogP contribution is 2.25. The van der Waals surface area contributed by atoms with Crippen molar-refractivity contribution in [1.29, 1.82) is 0 Å². The summed E-state index contributed by atoms with van der Waals surface area (Å²) in [6.45, 7) is 7.38. The first-order chi connectivity index (χ1) is 15.0. The lowest BCUT2D eigenvalue weighted by Gasteiger charge is -2.07. The van der Waals surface area contributed by atoms with Crippen molar-refractivity contribution < 1.29 is 14.4 Å². The zero-order chi connectivity index (χ0) is 22.6. The molecule has 0 aromatic heterocycles. The van der Waals surface area contributed by atoms with Crippen LogP contribution in [0.15, 0.2) is 58.4 Å². The average Bonchev–Trinajstić information content (AvgIpc) is 3.31. The summed E-state index contributed by atoms with van der Waals surface area (Å²) in [7, 11) is 0. The largest absolute Gasteiger partial charge is 0.487 e. The molecule has 0 radical (unpaired) electrons. The Bertz CT molecular complexity index is 1010. The van der Waals surface area contributed by atoms with Crippen molar-refractivity contribution in [3.8, 4) is 23.8 Å². The zero-order valence-electron chi connectivity index (χ0n) is 18.1. The second-order valence-electron chi connectivity index (χ2n) is 6.74. The Morgan fingerprint density at radius 3 is 2.39 bits per heavy atom. The van der Waals surface area contributed by atoms with Crippen LogP contribution in [-0.2, 0) is 12.8 Å². The van der Waals surface area contributed by atoms with Gasteiger partial charge in [-0.15, -0.1) is 6.42 Å². The fraction of sp³-hybridized carbons (Fsp3) is 0.333. The molecule has 0 unspecified atom stereocenters. The lowest BCUT2D eigenvalue weighted by atomic mass is 10.1. The van der Waals surface area contributed by atoms with Crippen LogP contribution in [0.3, 0.4) is 0 Å². The van der Waals surface area contributed by atoms with E-state index < -0.39 is 0 Å². The number of azo groups is 1. The molecule has 1 aliphatic rings. The predicted octanol–water partition coefficient (Wildman–Crippen LogP) is 5.46. The first-order valence-electron chi connectivity index (χ1n) is 10.1. The molecule has 0 atom stereocenters. The van der Waals surface area contributed by atoms with E-state index in [0.717, 1.165) is 17.9 Å². The molecule has 31 heavy (non-hydrogen) atoms. The Morgan fingerprint density at radius 2 is 1.77 bits per heavy atom. The molecule has 0 bridgehead atoms. The maximum atomic E-state index is 10.8. The Labute approximate surface area is 183 Å². The Morgan fingerprint density at radius 1 is 1.10 bits per heavy atom. The van der Waals surface area contributed by atoms with Gasteiger partial charge >= 0.3 is 0 Å². The van der Waals surface area contributed by atoms with Crippen molar-refractivity contribution >= 4 is 5.69 Å². The molecule has 0 spiro atoms. The van der Waals surface area contributed by atoms with Crippen LogP contribution >= 0.6 is 0 Å². The van der Waals surface area contributed by atoms with Crippen LogP contribution in [0.5, 0.6) is 11.5 Å². The van der Waals surface area contributed by atoms with E-state index in [1.165, 1.54) is 17.2 Å². The molecule has 1 aliphatic heterocycles. The van der Waals surface area contributed by atoms with E-state index in [4.69, 9.17) is 15.9 Å². The van der Waals surface area contributed by atoms with Crippen LogP contribution < -0.4 is 9.47 Å². The van der Waals surface area contributed by atoms with Gasteiger partial charge in [-0.3, -0.25) is 10.1 Å². The van der Waals surface area contributed by atoms with Crippen molar-refractivity contribution in [2.45, 2.75) is 33.6 Å². The molecule has 0 aliphatic carbocycles. The summed E-state index contributed by atoms with van der Waals surface area (Å²) in [6, 6.07) is 10.8. The van der Waals surface area contributed by atoms with E-state index in [1.807, 2.05) is 25.1 Å². The standard InChI is InChI=1S/C12H13N3O3.C12H14O/c1-2-9-7-11(3-4-12(9)15(16)17)18-8-10-5-6-13-14-10;1-4-8-13-12-7-6-10(3)11(5-2)9-12/h3-5,7H,2,6,8H2,1H3;1,6-7,9H,5,8H2,2-3H3. The second kappa shape index (κ2) is 12.1. The van der Waals surface area contributed by atoms with Gasteiger partial charge in [0, 0.05) is 11.6 Å². The molecule has 0 fully saturated rings. The summed E-state index contributed by atoms with van der Waals surface area (Å²) in [6.07, 6.45) is 8.60. The smallest absolute Gasteiger partial charge is 0.272 e. The SMILES string of the molecule is C#CCOc1ccc(C)c(CC)c1.CCc1cc(OCC2=CCN=N2)ccc1[N+](=O)[O-]. The average molecular weight is 421 g/mol. The van der Waals surface area contributed by atoms with Crippen molar-refractivity contribution in [3.63, 3.8) is 0 Å². The summed E-state index contributed by atoms with van der Waals surface area (Å²) in [4.78, 5) is 10.4. The van der Waals surface area contributed by atoms with E-state index in [9.17, 15) is 10.1 Å². The van der Waals surface area contributed by atoms with Crippen LogP contribution in [0.4, 0.5) is 5.69 Å². The van der Waals surface area contributed by atoms with Gasteiger partial charge < -0.3 is 9.47 Å². The number of nitro groups is 1. The number of terminal acetylenes is 1. The van der Waals surface area contributed by atoms with E-state index >= 15 is 0 Å². The molecule has 7 heteroatoms. The number of rotatable bonds is 8. The normalized spacial score (nSPS) is 11.7. The lowest BCUT2D eigenvalue weighted by Crippen LogP contribution is -2.00. The van der Waals surface area contributed by atoms with Crippen LogP contribution in [-0.4, -0.2) is 24.7 Å². The fourth-order valence-corrected chi connectivity index (χ4v) is 2.92. The number of hydrogen-bond acceptors (Lipinski definition) is 6. The lowest BCUT2D eigenvalue weighted by molar-refractivity contribution is -0.385. The molecule has 7 nitrogen and oxygen atoms in total. The van der Waals surface area contributed by atoms with Gasteiger partial charge in [0.25, 0.3) is 5.69 Å². The van der Waals surface area contributed by atoms with Gasteiger partial charge in [0.05, 0.1) is 17.2 Å². The Hall–Kier alpha value is -3.66. The third kappa shape index (κ3) is 7.27. The monoisotopic (exact) mass is 421 g/mol. The third-order valence-corrected chi connectivity index (χ3v) is 4.65. The van der Waals surface area contributed by atoms with Crippen LogP contribution in [0.1, 0.15) is 30.5 Å². The summed E-state index contributed by atoms with van der Waals surface area (Å²) in [5.41, 5.74) is 4.20. The predicted molar refractivity (Wildman–Crippen MR) is 121 cm³/mol. The highest BCUT2D eigenvalue weighted by molar-refractivity contribution is 5.45. The molecular weight excluding hydrogens is 394 g/mol. The molecule has 0 saturated heterocycles. The first kappa shape index (κ1) is 23.6. The van der Waals surface area contributed by atoms with Gasteiger partial charge in [0.15, 0.2) is 0 Å². The Kier molecular flexibility index (Phi) is 9.24. The van der Waals surface area contributed by atoms with Gasteiger partial charge in [0.1, 0.15) is 24.7 Å². The van der Waals surface area contributed by atoms with Crippen molar-refractivity contribution in [1.82, 2.24) is 0 Å². The highest BCUT2D eigenvalue weighted by Gasteiger charge is 2.13. The van der Waals surface area contributed by atoms with Crippen molar-refractivity contribution in [2.75, 3.05) is 19.8 Å². The molecule has 2 aromatic carbocycles. The molecule has 2 aromatic rings. The van der Waals surface area contributed by atoms with E-state index in [2.05, 4.69) is 36.1 Å². The quantitative estimate of drug-likeness (QED) is 0.322. The molecular formula is C24H27N3O4. The van der Waals surface area contributed by atoms with E-state index in [1.54, 1.807) is 12.1 Å². The van der Waals surface area contributed by atoms with Gasteiger partial charge in [-0.2, -0.15) is 10.2 Å². The van der Waals surface area contributed by atoms with Gasteiger partial charge in [0.2, 0.25) is 0 Å². The highest BCUT2D eigenvalue weighted by atomic mass is 16.6.